The van der Waals surface area contributed by atoms with Crippen molar-refractivity contribution in [3.05, 3.63) is 35.4 Å². The second kappa shape index (κ2) is 4.91. The van der Waals surface area contributed by atoms with Crippen molar-refractivity contribution in [3.8, 4) is 0 Å². The topological polar surface area (TPSA) is 29.5 Å². The quantitative estimate of drug-likeness (QED) is 0.732. The van der Waals surface area contributed by atoms with E-state index in [4.69, 9.17) is 9.84 Å². The smallest absolute Gasteiger partial charge is 0.0684 e. The summed E-state index contributed by atoms with van der Waals surface area (Å²) in [4.78, 5) is 0. The summed E-state index contributed by atoms with van der Waals surface area (Å²) in [6.07, 6.45) is 0.868. The highest BCUT2D eigenvalue weighted by molar-refractivity contribution is 5.26. The monoisotopic (exact) mass is 166 g/mol. The summed E-state index contributed by atoms with van der Waals surface area (Å²) in [5.41, 5.74) is 2.16. The molecule has 0 aromatic heterocycles. The van der Waals surface area contributed by atoms with E-state index in [0.717, 1.165) is 12.0 Å². The molecule has 0 aliphatic rings. The van der Waals surface area contributed by atoms with Gasteiger partial charge < -0.3 is 9.84 Å². The van der Waals surface area contributed by atoms with E-state index in [0.29, 0.717) is 6.61 Å². The molecule has 0 unspecified atom stereocenters. The molecule has 0 saturated carbocycles. The van der Waals surface area contributed by atoms with Gasteiger partial charge in [-0.15, -0.1) is 0 Å². The van der Waals surface area contributed by atoms with Crippen molar-refractivity contribution in [2.45, 2.75) is 13.0 Å². The molecule has 1 aromatic carbocycles. The maximum atomic E-state index is 8.98. The predicted octanol–water partition coefficient (Wildman–Crippen LogP) is 1.37. The number of rotatable bonds is 4. The highest BCUT2D eigenvalue weighted by atomic mass is 16.5. The molecule has 0 atom stereocenters. The molecule has 0 bridgehead atoms. The Morgan fingerprint density at radius 3 is 2.50 bits per heavy atom. The Hall–Kier alpha value is -0.860. The van der Waals surface area contributed by atoms with Gasteiger partial charge in [-0.25, -0.2) is 0 Å². The number of hydrogen-bond acceptors (Lipinski definition) is 2. The van der Waals surface area contributed by atoms with E-state index in [-0.39, 0.29) is 6.61 Å². The van der Waals surface area contributed by atoms with Crippen LogP contribution in [0.4, 0.5) is 0 Å². The van der Waals surface area contributed by atoms with Gasteiger partial charge in [-0.1, -0.05) is 24.3 Å². The van der Waals surface area contributed by atoms with Gasteiger partial charge in [0.25, 0.3) is 0 Å². The Kier molecular flexibility index (Phi) is 3.77. The van der Waals surface area contributed by atoms with Crippen molar-refractivity contribution in [1.29, 1.82) is 0 Å². The summed E-state index contributed by atoms with van der Waals surface area (Å²) in [6.45, 7) is 0.816. The van der Waals surface area contributed by atoms with Crippen LogP contribution in [-0.2, 0) is 17.8 Å². The van der Waals surface area contributed by atoms with Gasteiger partial charge >= 0.3 is 0 Å². The van der Waals surface area contributed by atoms with Crippen LogP contribution in [0, 0.1) is 0 Å². The molecule has 1 N–H and O–H groups in total. The molecule has 0 fully saturated rings. The van der Waals surface area contributed by atoms with E-state index in [2.05, 4.69) is 0 Å². The zero-order valence-electron chi connectivity index (χ0n) is 7.29. The van der Waals surface area contributed by atoms with E-state index in [9.17, 15) is 0 Å². The summed E-state index contributed by atoms with van der Waals surface area (Å²) in [5.74, 6) is 0. The molecule has 66 valence electrons. The first-order chi connectivity index (χ1) is 5.88. The maximum Gasteiger partial charge on any atom is 0.0684 e. The third-order valence-electron chi connectivity index (χ3n) is 1.86. The molecule has 0 spiro atoms. The lowest BCUT2D eigenvalue weighted by atomic mass is 10.1. The van der Waals surface area contributed by atoms with Crippen LogP contribution in [0.5, 0.6) is 0 Å². The van der Waals surface area contributed by atoms with Crippen LogP contribution < -0.4 is 0 Å². The van der Waals surface area contributed by atoms with Crippen LogP contribution >= 0.6 is 0 Å². The van der Waals surface area contributed by atoms with Crippen molar-refractivity contribution < 1.29 is 9.84 Å². The predicted molar refractivity (Wildman–Crippen MR) is 47.9 cm³/mol. The van der Waals surface area contributed by atoms with Gasteiger partial charge in [0.15, 0.2) is 0 Å². The van der Waals surface area contributed by atoms with Crippen LogP contribution in [0.3, 0.4) is 0 Å². The Bertz CT molecular complexity index is 233. The SMILES string of the molecule is COCCc1ccccc1CO. The normalized spacial score (nSPS) is 10.2. The number of ether oxygens (including phenoxy) is 1. The van der Waals surface area contributed by atoms with E-state index < -0.39 is 0 Å². The zero-order valence-corrected chi connectivity index (χ0v) is 7.29. The van der Waals surface area contributed by atoms with Crippen LogP contribution in [0.2, 0.25) is 0 Å². The van der Waals surface area contributed by atoms with Crippen LogP contribution in [0.25, 0.3) is 0 Å². The molecular formula is C10H14O2. The van der Waals surface area contributed by atoms with E-state index in [1.807, 2.05) is 24.3 Å². The first-order valence-electron chi connectivity index (χ1n) is 4.05. The highest BCUT2D eigenvalue weighted by Crippen LogP contribution is 2.08. The molecule has 1 rings (SSSR count). The summed E-state index contributed by atoms with van der Waals surface area (Å²) >= 11 is 0. The first kappa shape index (κ1) is 9.23. The second-order valence-corrected chi connectivity index (χ2v) is 2.67. The average molecular weight is 166 g/mol. The lowest BCUT2D eigenvalue weighted by Gasteiger charge is -2.05. The second-order valence-electron chi connectivity index (χ2n) is 2.67. The Morgan fingerprint density at radius 2 is 1.92 bits per heavy atom. The molecule has 0 aliphatic carbocycles. The van der Waals surface area contributed by atoms with Crippen molar-refractivity contribution in [1.82, 2.24) is 0 Å². The van der Waals surface area contributed by atoms with Crippen molar-refractivity contribution in [2.24, 2.45) is 0 Å². The number of benzene rings is 1. The van der Waals surface area contributed by atoms with Gasteiger partial charge in [0.2, 0.25) is 0 Å². The van der Waals surface area contributed by atoms with Crippen LogP contribution in [-0.4, -0.2) is 18.8 Å². The number of aliphatic hydroxyl groups excluding tert-OH is 1. The Balaban J connectivity index is 2.68. The molecule has 2 nitrogen and oxygen atoms in total. The Labute approximate surface area is 72.8 Å². The van der Waals surface area contributed by atoms with Crippen molar-refractivity contribution in [3.63, 3.8) is 0 Å². The number of aliphatic hydroxyl groups is 1. The Morgan fingerprint density at radius 1 is 1.25 bits per heavy atom. The third kappa shape index (κ3) is 2.32. The van der Waals surface area contributed by atoms with Crippen molar-refractivity contribution in [2.75, 3.05) is 13.7 Å². The minimum absolute atomic E-state index is 0.111. The van der Waals surface area contributed by atoms with Gasteiger partial charge in [-0.05, 0) is 17.5 Å². The lowest BCUT2D eigenvalue weighted by molar-refractivity contribution is 0.201. The summed E-state index contributed by atoms with van der Waals surface area (Å²) < 4.78 is 4.96. The summed E-state index contributed by atoms with van der Waals surface area (Å²) in [7, 11) is 1.68. The van der Waals surface area contributed by atoms with Crippen LogP contribution in [0.15, 0.2) is 24.3 Å². The summed E-state index contributed by atoms with van der Waals surface area (Å²) in [6, 6.07) is 7.86. The standard InChI is InChI=1S/C10H14O2/c1-12-7-6-9-4-2-3-5-10(9)8-11/h2-5,11H,6-8H2,1H3. The van der Waals surface area contributed by atoms with Crippen molar-refractivity contribution >= 4 is 0 Å². The van der Waals surface area contributed by atoms with Crippen LogP contribution in [0.1, 0.15) is 11.1 Å². The summed E-state index contributed by atoms with van der Waals surface area (Å²) in [5, 5.41) is 8.98. The lowest BCUT2D eigenvalue weighted by Crippen LogP contribution is -1.98. The van der Waals surface area contributed by atoms with E-state index in [1.54, 1.807) is 7.11 Å². The molecule has 1 aromatic rings. The largest absolute Gasteiger partial charge is 0.392 e. The fourth-order valence-electron chi connectivity index (χ4n) is 1.17. The highest BCUT2D eigenvalue weighted by Gasteiger charge is 1.98. The first-order valence-corrected chi connectivity index (χ1v) is 4.05. The van der Waals surface area contributed by atoms with Gasteiger partial charge in [0, 0.05) is 7.11 Å². The fraction of sp³-hybridized carbons (Fsp3) is 0.400. The third-order valence-corrected chi connectivity index (χ3v) is 1.86. The van der Waals surface area contributed by atoms with Gasteiger partial charge in [0.1, 0.15) is 0 Å². The molecule has 0 radical (unpaired) electrons. The molecular weight excluding hydrogens is 152 g/mol. The molecule has 0 amide bonds. The zero-order chi connectivity index (χ0) is 8.81. The van der Waals surface area contributed by atoms with E-state index in [1.165, 1.54) is 5.56 Å². The van der Waals surface area contributed by atoms with Gasteiger partial charge in [0.05, 0.1) is 13.2 Å². The number of hydrogen-bond donors (Lipinski definition) is 1. The molecule has 2 heteroatoms. The maximum absolute atomic E-state index is 8.98. The minimum Gasteiger partial charge on any atom is -0.392 e. The molecule has 0 saturated heterocycles. The van der Waals surface area contributed by atoms with Gasteiger partial charge in [-0.3, -0.25) is 0 Å². The fourth-order valence-corrected chi connectivity index (χ4v) is 1.17. The molecule has 0 aliphatic heterocycles. The number of methoxy groups -OCH3 is 1. The molecule has 0 heterocycles. The van der Waals surface area contributed by atoms with Gasteiger partial charge in [-0.2, -0.15) is 0 Å². The minimum atomic E-state index is 0.111. The van der Waals surface area contributed by atoms with E-state index >= 15 is 0 Å². The molecule has 12 heavy (non-hydrogen) atoms. The average Bonchev–Trinajstić information content (AvgIpc) is 2.15.